The van der Waals surface area contributed by atoms with Crippen molar-refractivity contribution in [1.82, 2.24) is 5.32 Å². The predicted molar refractivity (Wildman–Crippen MR) is 92.9 cm³/mol. The van der Waals surface area contributed by atoms with Crippen LogP contribution in [0.15, 0.2) is 34.3 Å². The van der Waals surface area contributed by atoms with Gasteiger partial charge in [-0.2, -0.15) is 0 Å². The summed E-state index contributed by atoms with van der Waals surface area (Å²) < 4.78 is 6.67. The predicted octanol–water partition coefficient (Wildman–Crippen LogP) is 5.39. The zero-order valence-electron chi connectivity index (χ0n) is 13.1. The fourth-order valence-corrected chi connectivity index (χ4v) is 3.29. The molecule has 0 saturated carbocycles. The third kappa shape index (κ3) is 4.58. The Labute approximate surface area is 137 Å². The van der Waals surface area contributed by atoms with Crippen LogP contribution in [0.5, 0.6) is 5.75 Å². The van der Waals surface area contributed by atoms with Gasteiger partial charge in [-0.05, 0) is 50.8 Å². The maximum Gasteiger partial charge on any atom is 0.125 e. The van der Waals surface area contributed by atoms with Crippen molar-refractivity contribution < 1.29 is 4.74 Å². The van der Waals surface area contributed by atoms with Gasteiger partial charge in [0.05, 0.1) is 13.2 Å². The van der Waals surface area contributed by atoms with Crippen molar-refractivity contribution in [2.45, 2.75) is 51.5 Å². The average Bonchev–Trinajstić information content (AvgIpc) is 2.78. The first-order chi connectivity index (χ1) is 10.3. The summed E-state index contributed by atoms with van der Waals surface area (Å²) in [5.74, 6) is 0.961. The van der Waals surface area contributed by atoms with E-state index < -0.39 is 0 Å². The molecule has 0 aliphatic heterocycles. The van der Waals surface area contributed by atoms with Crippen LogP contribution in [0.2, 0.25) is 0 Å². The second-order valence-electron chi connectivity index (χ2n) is 5.65. The summed E-state index contributed by atoms with van der Waals surface area (Å²) in [6, 6.07) is 6.64. The molecule has 0 spiro atoms. The Morgan fingerprint density at radius 3 is 2.90 bits per heavy atom. The number of benzene rings is 1. The maximum absolute atomic E-state index is 5.61. The first-order valence-corrected chi connectivity index (χ1v) is 8.81. The number of allylic oxidation sites excluding steroid dienone is 1. The van der Waals surface area contributed by atoms with E-state index in [1.807, 2.05) is 0 Å². The van der Waals surface area contributed by atoms with Crippen LogP contribution in [-0.2, 0) is 0 Å². The van der Waals surface area contributed by atoms with Crippen LogP contribution in [0.4, 0.5) is 0 Å². The van der Waals surface area contributed by atoms with E-state index in [1.165, 1.54) is 43.2 Å². The van der Waals surface area contributed by atoms with Gasteiger partial charge in [-0.1, -0.05) is 47.0 Å². The summed E-state index contributed by atoms with van der Waals surface area (Å²) in [6.07, 6.45) is 9.96. The van der Waals surface area contributed by atoms with E-state index in [-0.39, 0.29) is 6.04 Å². The third-order valence-electron chi connectivity index (χ3n) is 4.05. The quantitative estimate of drug-likeness (QED) is 0.693. The monoisotopic (exact) mass is 351 g/mol. The molecule has 0 aromatic heterocycles. The highest BCUT2D eigenvalue weighted by molar-refractivity contribution is 9.10. The molecular weight excluding hydrogens is 326 g/mol. The van der Waals surface area contributed by atoms with E-state index in [9.17, 15) is 0 Å². The van der Waals surface area contributed by atoms with Crippen LogP contribution < -0.4 is 10.1 Å². The summed E-state index contributed by atoms with van der Waals surface area (Å²) >= 11 is 3.53. The molecule has 3 heteroatoms. The minimum atomic E-state index is 0.283. The number of ether oxygens (including phenoxy) is 1. The Hall–Kier alpha value is -0.800. The van der Waals surface area contributed by atoms with Gasteiger partial charge in [0.2, 0.25) is 0 Å². The molecule has 0 radical (unpaired) electrons. The smallest absolute Gasteiger partial charge is 0.125 e. The van der Waals surface area contributed by atoms with Crippen molar-refractivity contribution >= 4 is 15.9 Å². The van der Waals surface area contributed by atoms with E-state index in [0.29, 0.717) is 0 Å². The van der Waals surface area contributed by atoms with Crippen molar-refractivity contribution in [2.24, 2.45) is 0 Å². The molecule has 116 valence electrons. The van der Waals surface area contributed by atoms with Crippen molar-refractivity contribution in [3.05, 3.63) is 39.9 Å². The molecule has 1 N–H and O–H groups in total. The molecule has 21 heavy (non-hydrogen) atoms. The number of nitrogens with one attached hydrogen (secondary N) is 1. The van der Waals surface area contributed by atoms with Gasteiger partial charge in [0, 0.05) is 10.0 Å². The zero-order chi connectivity index (χ0) is 15.1. The van der Waals surface area contributed by atoms with Gasteiger partial charge in [-0.3, -0.25) is 0 Å². The second kappa shape index (κ2) is 8.60. The van der Waals surface area contributed by atoms with Crippen molar-refractivity contribution in [2.75, 3.05) is 13.7 Å². The Kier molecular flexibility index (Phi) is 6.78. The number of hydrogen-bond donors (Lipinski definition) is 1. The van der Waals surface area contributed by atoms with E-state index in [1.54, 1.807) is 7.11 Å². The van der Waals surface area contributed by atoms with Crippen molar-refractivity contribution in [3.8, 4) is 5.75 Å². The van der Waals surface area contributed by atoms with Crippen LogP contribution in [0.25, 0.3) is 0 Å². The minimum absolute atomic E-state index is 0.283. The molecule has 0 fully saturated rings. The van der Waals surface area contributed by atoms with E-state index >= 15 is 0 Å². The van der Waals surface area contributed by atoms with Gasteiger partial charge in [0.25, 0.3) is 0 Å². The Morgan fingerprint density at radius 1 is 1.29 bits per heavy atom. The fraction of sp³-hybridized carbons (Fsp3) is 0.556. The van der Waals surface area contributed by atoms with Crippen LogP contribution in [0, 0.1) is 0 Å². The molecule has 0 saturated heterocycles. The number of rotatable bonds is 6. The second-order valence-corrected chi connectivity index (χ2v) is 6.57. The number of halogens is 1. The topological polar surface area (TPSA) is 21.3 Å². The average molecular weight is 352 g/mol. The van der Waals surface area contributed by atoms with Gasteiger partial charge in [-0.25, -0.2) is 0 Å². The molecule has 0 heterocycles. The molecule has 1 aromatic rings. The highest BCUT2D eigenvalue weighted by Crippen LogP contribution is 2.35. The highest BCUT2D eigenvalue weighted by atomic mass is 79.9. The molecule has 1 aromatic carbocycles. The molecule has 0 amide bonds. The lowest BCUT2D eigenvalue weighted by Crippen LogP contribution is -2.24. The van der Waals surface area contributed by atoms with Crippen LogP contribution >= 0.6 is 15.9 Å². The lowest BCUT2D eigenvalue weighted by Gasteiger charge is -2.24. The first kappa shape index (κ1) is 16.6. The van der Waals surface area contributed by atoms with Crippen LogP contribution in [0.1, 0.15) is 57.1 Å². The largest absolute Gasteiger partial charge is 0.496 e. The molecule has 1 unspecified atom stereocenters. The Balaban J connectivity index is 2.32. The zero-order valence-corrected chi connectivity index (χ0v) is 14.7. The number of methoxy groups -OCH3 is 1. The molecule has 1 aliphatic rings. The SMILES string of the molecule is CCCNC(C1=CCCCCC1)c1ccc(Br)cc1OC. The van der Waals surface area contributed by atoms with E-state index in [0.717, 1.165) is 23.2 Å². The summed E-state index contributed by atoms with van der Waals surface area (Å²) in [4.78, 5) is 0. The Bertz CT molecular complexity index is 484. The van der Waals surface area contributed by atoms with Crippen molar-refractivity contribution in [3.63, 3.8) is 0 Å². The molecule has 1 aliphatic carbocycles. The minimum Gasteiger partial charge on any atom is -0.496 e. The normalized spacial score (nSPS) is 17.0. The molecule has 0 bridgehead atoms. The molecule has 2 nitrogen and oxygen atoms in total. The molecule has 1 atom stereocenters. The van der Waals surface area contributed by atoms with Crippen LogP contribution in [-0.4, -0.2) is 13.7 Å². The van der Waals surface area contributed by atoms with Gasteiger partial charge < -0.3 is 10.1 Å². The summed E-state index contributed by atoms with van der Waals surface area (Å²) in [7, 11) is 1.75. The highest BCUT2D eigenvalue weighted by Gasteiger charge is 2.20. The van der Waals surface area contributed by atoms with E-state index in [4.69, 9.17) is 4.74 Å². The third-order valence-corrected chi connectivity index (χ3v) is 4.55. The summed E-state index contributed by atoms with van der Waals surface area (Å²) in [5.41, 5.74) is 2.78. The van der Waals surface area contributed by atoms with Crippen molar-refractivity contribution in [1.29, 1.82) is 0 Å². The van der Waals surface area contributed by atoms with Gasteiger partial charge >= 0.3 is 0 Å². The molecule has 2 rings (SSSR count). The summed E-state index contributed by atoms with van der Waals surface area (Å²) in [5, 5.41) is 3.71. The van der Waals surface area contributed by atoms with Gasteiger partial charge in [-0.15, -0.1) is 0 Å². The maximum atomic E-state index is 5.61. The lowest BCUT2D eigenvalue weighted by molar-refractivity contribution is 0.402. The first-order valence-electron chi connectivity index (χ1n) is 8.02. The van der Waals surface area contributed by atoms with Crippen LogP contribution in [0.3, 0.4) is 0 Å². The lowest BCUT2D eigenvalue weighted by atomic mass is 9.94. The fourth-order valence-electron chi connectivity index (χ4n) is 2.95. The van der Waals surface area contributed by atoms with Gasteiger partial charge in [0.1, 0.15) is 5.75 Å². The standard InChI is InChI=1S/C18H26BrNO/c1-3-12-20-18(14-8-6-4-5-7-9-14)16-11-10-15(19)13-17(16)21-2/h8,10-11,13,18,20H,3-7,9,12H2,1-2H3. The van der Waals surface area contributed by atoms with Gasteiger partial charge in [0.15, 0.2) is 0 Å². The Morgan fingerprint density at radius 2 is 2.14 bits per heavy atom. The van der Waals surface area contributed by atoms with E-state index in [2.05, 4.69) is 52.4 Å². The summed E-state index contributed by atoms with van der Waals surface area (Å²) in [6.45, 7) is 3.24. The molecular formula is C18H26BrNO. The number of hydrogen-bond acceptors (Lipinski definition) is 2.